The van der Waals surface area contributed by atoms with Gasteiger partial charge in [0.25, 0.3) is 0 Å². The molecule has 3 N–H and O–H groups in total. The molecule has 1 aromatic carbocycles. The normalized spacial score (nSPS) is 20.2. The molecule has 0 spiro atoms. The predicted octanol–water partition coefficient (Wildman–Crippen LogP) is 0.205. The van der Waals surface area contributed by atoms with Crippen LogP contribution in [0, 0.1) is 0 Å². The van der Waals surface area contributed by atoms with E-state index in [9.17, 15) is 13.5 Å². The molecule has 6 heteroatoms. The van der Waals surface area contributed by atoms with Crippen LogP contribution < -0.4 is 5.73 Å². The maximum Gasteiger partial charge on any atom is 0.152 e. The van der Waals surface area contributed by atoms with Crippen LogP contribution in [0.2, 0.25) is 0 Å². The number of hydrogen-bond donors (Lipinski definition) is 2. The molecule has 2 rings (SSSR count). The number of nitrogens with two attached hydrogens (primary N) is 1. The molecule has 1 fully saturated rings. The zero-order valence-corrected chi connectivity index (χ0v) is 10.3. The van der Waals surface area contributed by atoms with Crippen molar-refractivity contribution >= 4 is 15.5 Å². The molecule has 5 nitrogen and oxygen atoms in total. The first kappa shape index (κ1) is 12.2. The summed E-state index contributed by atoms with van der Waals surface area (Å²) >= 11 is 0. The van der Waals surface area contributed by atoms with Crippen LogP contribution in [0.15, 0.2) is 18.2 Å². The van der Waals surface area contributed by atoms with Crippen molar-refractivity contribution in [2.45, 2.75) is 6.54 Å². The third-order valence-corrected chi connectivity index (χ3v) is 4.54. The van der Waals surface area contributed by atoms with E-state index in [2.05, 4.69) is 0 Å². The summed E-state index contributed by atoms with van der Waals surface area (Å²) in [7, 11) is -2.86. The molecule has 1 heterocycles. The van der Waals surface area contributed by atoms with E-state index in [1.807, 2.05) is 4.90 Å². The van der Waals surface area contributed by atoms with Gasteiger partial charge in [-0.1, -0.05) is 0 Å². The lowest BCUT2D eigenvalue weighted by molar-refractivity contribution is 0.283. The van der Waals surface area contributed by atoms with Crippen molar-refractivity contribution in [3.63, 3.8) is 0 Å². The van der Waals surface area contributed by atoms with Gasteiger partial charge in [0.15, 0.2) is 9.84 Å². The van der Waals surface area contributed by atoms with Gasteiger partial charge in [0.1, 0.15) is 5.75 Å². The number of aromatic hydroxyl groups is 1. The first-order valence-corrected chi connectivity index (χ1v) is 7.28. The van der Waals surface area contributed by atoms with Crippen LogP contribution in [-0.2, 0) is 16.4 Å². The smallest absolute Gasteiger partial charge is 0.152 e. The van der Waals surface area contributed by atoms with Crippen molar-refractivity contribution in [1.82, 2.24) is 4.90 Å². The molecule has 0 aromatic heterocycles. The quantitative estimate of drug-likeness (QED) is 0.583. The fraction of sp³-hybridized carbons (Fsp3) is 0.455. The maximum absolute atomic E-state index is 11.3. The molecule has 0 atom stereocenters. The Morgan fingerprint density at radius 1 is 1.29 bits per heavy atom. The predicted molar refractivity (Wildman–Crippen MR) is 66.5 cm³/mol. The van der Waals surface area contributed by atoms with Crippen LogP contribution in [0.3, 0.4) is 0 Å². The van der Waals surface area contributed by atoms with Gasteiger partial charge < -0.3 is 10.8 Å². The highest BCUT2D eigenvalue weighted by atomic mass is 32.2. The standard InChI is InChI=1S/C11H16N2O3S/c12-10-1-2-11(14)9(7-10)8-13-3-5-17(15,16)6-4-13/h1-2,7,14H,3-6,8,12H2. The Balaban J connectivity index is 2.05. The van der Waals surface area contributed by atoms with E-state index in [0.29, 0.717) is 25.3 Å². The summed E-state index contributed by atoms with van der Waals surface area (Å²) in [6.07, 6.45) is 0. The van der Waals surface area contributed by atoms with E-state index < -0.39 is 9.84 Å². The molecule has 0 amide bonds. The van der Waals surface area contributed by atoms with Gasteiger partial charge in [0.2, 0.25) is 0 Å². The van der Waals surface area contributed by atoms with Crippen LogP contribution in [0.5, 0.6) is 5.75 Å². The number of phenolic OH excluding ortho intramolecular Hbond substituents is 1. The summed E-state index contributed by atoms with van der Waals surface area (Å²) in [5.41, 5.74) is 6.99. The number of benzene rings is 1. The van der Waals surface area contributed by atoms with Gasteiger partial charge in [-0.25, -0.2) is 8.42 Å². The fourth-order valence-corrected chi connectivity index (χ4v) is 3.16. The number of nitrogen functional groups attached to an aromatic ring is 1. The third kappa shape index (κ3) is 3.10. The molecular weight excluding hydrogens is 240 g/mol. The Morgan fingerprint density at radius 2 is 1.94 bits per heavy atom. The summed E-state index contributed by atoms with van der Waals surface area (Å²) in [6.45, 7) is 1.56. The maximum atomic E-state index is 11.3. The number of hydrogen-bond acceptors (Lipinski definition) is 5. The van der Waals surface area contributed by atoms with Crippen molar-refractivity contribution in [3.05, 3.63) is 23.8 Å². The Bertz CT molecular complexity index is 499. The average molecular weight is 256 g/mol. The number of sulfone groups is 1. The van der Waals surface area contributed by atoms with Gasteiger partial charge in [-0.3, -0.25) is 4.90 Å². The Kier molecular flexibility index (Phi) is 3.26. The highest BCUT2D eigenvalue weighted by Crippen LogP contribution is 2.22. The first-order chi connectivity index (χ1) is 7.96. The van der Waals surface area contributed by atoms with Gasteiger partial charge in [0.05, 0.1) is 11.5 Å². The number of anilines is 1. The molecule has 1 aromatic rings. The molecule has 1 saturated heterocycles. The van der Waals surface area contributed by atoms with Crippen LogP contribution >= 0.6 is 0 Å². The molecule has 0 aliphatic carbocycles. The summed E-state index contributed by atoms with van der Waals surface area (Å²) in [6, 6.07) is 4.92. The Morgan fingerprint density at radius 3 is 2.59 bits per heavy atom. The second-order valence-corrected chi connectivity index (χ2v) is 6.62. The zero-order chi connectivity index (χ0) is 12.5. The van der Waals surface area contributed by atoms with Gasteiger partial charge in [-0.05, 0) is 18.2 Å². The van der Waals surface area contributed by atoms with Gasteiger partial charge >= 0.3 is 0 Å². The lowest BCUT2D eigenvalue weighted by Crippen LogP contribution is -2.39. The minimum absolute atomic E-state index is 0.191. The summed E-state index contributed by atoms with van der Waals surface area (Å²) in [5.74, 6) is 0.583. The minimum atomic E-state index is -2.86. The molecule has 0 bridgehead atoms. The topological polar surface area (TPSA) is 83.6 Å². The Labute approximate surface area is 101 Å². The average Bonchev–Trinajstić information content (AvgIpc) is 2.26. The molecular formula is C11H16N2O3S. The van der Waals surface area contributed by atoms with E-state index in [-0.39, 0.29) is 17.3 Å². The van der Waals surface area contributed by atoms with E-state index in [1.165, 1.54) is 0 Å². The first-order valence-electron chi connectivity index (χ1n) is 5.46. The zero-order valence-electron chi connectivity index (χ0n) is 9.46. The highest BCUT2D eigenvalue weighted by Gasteiger charge is 2.22. The molecule has 0 unspecified atom stereocenters. The summed E-state index contributed by atoms with van der Waals surface area (Å²) in [5, 5.41) is 9.67. The van der Waals surface area contributed by atoms with Gasteiger partial charge in [-0.2, -0.15) is 0 Å². The van der Waals surface area contributed by atoms with Crippen molar-refractivity contribution in [2.75, 3.05) is 30.3 Å². The second kappa shape index (κ2) is 4.54. The summed E-state index contributed by atoms with van der Waals surface area (Å²) < 4.78 is 22.5. The van der Waals surface area contributed by atoms with E-state index in [1.54, 1.807) is 18.2 Å². The number of phenols is 1. The SMILES string of the molecule is Nc1ccc(O)c(CN2CCS(=O)(=O)CC2)c1. The van der Waals surface area contributed by atoms with Crippen molar-refractivity contribution < 1.29 is 13.5 Å². The third-order valence-electron chi connectivity index (χ3n) is 2.93. The number of rotatable bonds is 2. The van der Waals surface area contributed by atoms with Crippen LogP contribution in [0.4, 0.5) is 5.69 Å². The van der Waals surface area contributed by atoms with Crippen molar-refractivity contribution in [2.24, 2.45) is 0 Å². The minimum Gasteiger partial charge on any atom is -0.508 e. The molecule has 1 aliphatic rings. The molecule has 0 saturated carbocycles. The van der Waals surface area contributed by atoms with Crippen molar-refractivity contribution in [3.8, 4) is 5.75 Å². The van der Waals surface area contributed by atoms with Crippen LogP contribution in [0.1, 0.15) is 5.56 Å². The lowest BCUT2D eigenvalue weighted by Gasteiger charge is -2.26. The van der Waals surface area contributed by atoms with Crippen molar-refractivity contribution in [1.29, 1.82) is 0 Å². The number of nitrogens with zero attached hydrogens (tertiary/aromatic N) is 1. The second-order valence-electron chi connectivity index (χ2n) is 4.32. The fourth-order valence-electron chi connectivity index (χ4n) is 1.88. The lowest BCUT2D eigenvalue weighted by atomic mass is 10.1. The largest absolute Gasteiger partial charge is 0.508 e. The van der Waals surface area contributed by atoms with E-state index >= 15 is 0 Å². The molecule has 0 radical (unpaired) electrons. The van der Waals surface area contributed by atoms with Crippen LogP contribution in [-0.4, -0.2) is 43.0 Å². The molecule has 94 valence electrons. The van der Waals surface area contributed by atoms with E-state index in [4.69, 9.17) is 5.73 Å². The Hall–Kier alpha value is -1.27. The molecule has 17 heavy (non-hydrogen) atoms. The van der Waals surface area contributed by atoms with E-state index in [0.717, 1.165) is 5.56 Å². The van der Waals surface area contributed by atoms with Gasteiger partial charge in [-0.15, -0.1) is 0 Å². The monoisotopic (exact) mass is 256 g/mol. The molecule has 1 aliphatic heterocycles. The van der Waals surface area contributed by atoms with Crippen LogP contribution in [0.25, 0.3) is 0 Å². The highest BCUT2D eigenvalue weighted by molar-refractivity contribution is 7.91. The summed E-state index contributed by atoms with van der Waals surface area (Å²) in [4.78, 5) is 2.01. The van der Waals surface area contributed by atoms with Gasteiger partial charge in [0, 0.05) is 30.9 Å².